The molecule has 0 amide bonds. The lowest BCUT2D eigenvalue weighted by atomic mass is 10.1. The Morgan fingerprint density at radius 2 is 1.85 bits per heavy atom. The van der Waals surface area contributed by atoms with E-state index in [1.807, 2.05) is 0 Å². The highest BCUT2D eigenvalue weighted by Crippen LogP contribution is 2.15. The Kier molecular flexibility index (Phi) is 7.15. The lowest BCUT2D eigenvalue weighted by Gasteiger charge is -2.14. The molecule has 0 saturated carbocycles. The molecule has 0 aliphatic heterocycles. The molecular formula is C14H24N2O3S. The Balaban J connectivity index is 2.38. The molecule has 3 N–H and O–H groups in total. The van der Waals surface area contributed by atoms with Gasteiger partial charge < -0.3 is 10.1 Å². The van der Waals surface area contributed by atoms with E-state index in [0.717, 1.165) is 38.0 Å². The Hall–Kier alpha value is -0.950. The number of rotatable bonds is 9. The summed E-state index contributed by atoms with van der Waals surface area (Å²) in [6.07, 6.45) is 3.32. The number of nitrogens with two attached hydrogens (primary N) is 1. The fourth-order valence-electron chi connectivity index (χ4n) is 1.93. The first-order valence-corrected chi connectivity index (χ1v) is 8.35. The maximum atomic E-state index is 11.2. The second kappa shape index (κ2) is 8.36. The van der Waals surface area contributed by atoms with E-state index in [-0.39, 0.29) is 10.9 Å². The van der Waals surface area contributed by atoms with Gasteiger partial charge in [-0.2, -0.15) is 0 Å². The smallest absolute Gasteiger partial charge is 0.238 e. The minimum absolute atomic E-state index is 0.146. The fraction of sp³-hybridized carbons (Fsp3) is 0.571. The number of primary sulfonamides is 1. The van der Waals surface area contributed by atoms with Gasteiger partial charge >= 0.3 is 0 Å². The van der Waals surface area contributed by atoms with Crippen molar-refractivity contribution < 1.29 is 13.2 Å². The molecular weight excluding hydrogens is 276 g/mol. The molecule has 6 heteroatoms. The van der Waals surface area contributed by atoms with Gasteiger partial charge in [-0.3, -0.25) is 0 Å². The molecule has 0 aliphatic carbocycles. The summed E-state index contributed by atoms with van der Waals surface area (Å²) < 4.78 is 27.3. The van der Waals surface area contributed by atoms with Crippen molar-refractivity contribution in [2.24, 2.45) is 5.14 Å². The largest absolute Gasteiger partial charge is 0.385 e. The zero-order chi connectivity index (χ0) is 15.0. The number of unbranched alkanes of at least 4 members (excludes halogenated alkanes) is 2. The van der Waals surface area contributed by atoms with Crippen LogP contribution in [0.25, 0.3) is 0 Å². The third kappa shape index (κ3) is 6.00. The predicted octanol–water partition coefficient (Wildman–Crippen LogP) is 1.80. The van der Waals surface area contributed by atoms with Crippen LogP contribution in [0.5, 0.6) is 0 Å². The molecule has 20 heavy (non-hydrogen) atoms. The van der Waals surface area contributed by atoms with Gasteiger partial charge in [-0.05, 0) is 50.4 Å². The molecule has 5 nitrogen and oxygen atoms in total. The van der Waals surface area contributed by atoms with Crippen LogP contribution in [0.2, 0.25) is 0 Å². The molecule has 0 radical (unpaired) electrons. The maximum Gasteiger partial charge on any atom is 0.238 e. The topological polar surface area (TPSA) is 81.4 Å². The predicted molar refractivity (Wildman–Crippen MR) is 80.0 cm³/mol. The summed E-state index contributed by atoms with van der Waals surface area (Å²) in [5.41, 5.74) is 1.05. The van der Waals surface area contributed by atoms with E-state index >= 15 is 0 Å². The Morgan fingerprint density at radius 1 is 1.20 bits per heavy atom. The first-order valence-electron chi connectivity index (χ1n) is 6.80. The number of nitrogens with one attached hydrogen (secondary N) is 1. The van der Waals surface area contributed by atoms with E-state index in [2.05, 4.69) is 12.2 Å². The molecule has 1 atom stereocenters. The van der Waals surface area contributed by atoms with Crippen LogP contribution >= 0.6 is 0 Å². The van der Waals surface area contributed by atoms with Gasteiger partial charge in [0.05, 0.1) is 4.90 Å². The summed E-state index contributed by atoms with van der Waals surface area (Å²) in [5, 5.41) is 8.48. The average molecular weight is 300 g/mol. The van der Waals surface area contributed by atoms with Crippen molar-refractivity contribution in [1.82, 2.24) is 5.32 Å². The van der Waals surface area contributed by atoms with Gasteiger partial charge in [0.15, 0.2) is 0 Å². The lowest BCUT2D eigenvalue weighted by molar-refractivity contribution is 0.192. The third-order valence-electron chi connectivity index (χ3n) is 3.18. The van der Waals surface area contributed by atoms with Crippen LogP contribution in [0.4, 0.5) is 0 Å². The number of sulfonamides is 1. The van der Waals surface area contributed by atoms with E-state index in [1.165, 1.54) is 0 Å². The maximum absolute atomic E-state index is 11.2. The molecule has 0 heterocycles. The van der Waals surface area contributed by atoms with Gasteiger partial charge in [-0.25, -0.2) is 13.6 Å². The van der Waals surface area contributed by atoms with E-state index in [9.17, 15) is 8.42 Å². The van der Waals surface area contributed by atoms with Crippen molar-refractivity contribution in [3.8, 4) is 0 Å². The zero-order valence-corrected chi connectivity index (χ0v) is 12.9. The summed E-state index contributed by atoms with van der Waals surface area (Å²) in [7, 11) is -1.89. The molecule has 114 valence electrons. The Morgan fingerprint density at radius 3 is 2.40 bits per heavy atom. The molecule has 0 aromatic heterocycles. The number of methoxy groups -OCH3 is 1. The molecule has 0 saturated heterocycles. The van der Waals surface area contributed by atoms with Gasteiger partial charge in [0.25, 0.3) is 0 Å². The second-order valence-corrected chi connectivity index (χ2v) is 6.40. The number of ether oxygens (including phenoxy) is 1. The normalized spacial score (nSPS) is 13.3. The van der Waals surface area contributed by atoms with Crippen LogP contribution in [0.3, 0.4) is 0 Å². The number of benzene rings is 1. The highest BCUT2D eigenvalue weighted by atomic mass is 32.2. The van der Waals surface area contributed by atoms with Gasteiger partial charge in [0, 0.05) is 19.8 Å². The summed E-state index contributed by atoms with van der Waals surface area (Å²) in [6.45, 7) is 3.80. The summed E-state index contributed by atoms with van der Waals surface area (Å²) in [4.78, 5) is 0.146. The fourth-order valence-corrected chi connectivity index (χ4v) is 2.45. The van der Waals surface area contributed by atoms with Crippen molar-refractivity contribution in [2.45, 2.75) is 37.1 Å². The van der Waals surface area contributed by atoms with E-state index in [0.29, 0.717) is 0 Å². The van der Waals surface area contributed by atoms with Crippen molar-refractivity contribution in [2.75, 3.05) is 20.3 Å². The van der Waals surface area contributed by atoms with Gasteiger partial charge in [-0.15, -0.1) is 0 Å². The molecule has 1 rings (SSSR count). The minimum atomic E-state index is -3.61. The van der Waals surface area contributed by atoms with Crippen LogP contribution < -0.4 is 10.5 Å². The molecule has 0 bridgehead atoms. The molecule has 0 spiro atoms. The SMILES string of the molecule is COCCCCCNC(C)c1ccc(S(N)(=O)=O)cc1. The van der Waals surface area contributed by atoms with Crippen LogP contribution in [0.15, 0.2) is 29.2 Å². The second-order valence-electron chi connectivity index (χ2n) is 4.84. The molecule has 1 aromatic rings. The van der Waals surface area contributed by atoms with Crippen molar-refractivity contribution >= 4 is 10.0 Å². The molecule has 1 aromatic carbocycles. The molecule has 0 aliphatic rings. The lowest BCUT2D eigenvalue weighted by Crippen LogP contribution is -2.20. The quantitative estimate of drug-likeness (QED) is 0.681. The third-order valence-corrected chi connectivity index (χ3v) is 4.11. The summed E-state index contributed by atoms with van der Waals surface area (Å²) in [6, 6.07) is 6.86. The molecule has 1 unspecified atom stereocenters. The highest BCUT2D eigenvalue weighted by molar-refractivity contribution is 7.89. The Labute approximate surface area is 121 Å². The van der Waals surface area contributed by atoms with E-state index in [4.69, 9.17) is 9.88 Å². The summed E-state index contributed by atoms with van der Waals surface area (Å²) >= 11 is 0. The number of hydrogen-bond acceptors (Lipinski definition) is 4. The average Bonchev–Trinajstić information content (AvgIpc) is 2.41. The van der Waals surface area contributed by atoms with Gasteiger partial charge in [-0.1, -0.05) is 12.1 Å². The number of hydrogen-bond donors (Lipinski definition) is 2. The van der Waals surface area contributed by atoms with Crippen LogP contribution in [-0.2, 0) is 14.8 Å². The molecule has 0 fully saturated rings. The van der Waals surface area contributed by atoms with Gasteiger partial charge in [0.2, 0.25) is 10.0 Å². The first-order chi connectivity index (χ1) is 9.45. The zero-order valence-electron chi connectivity index (χ0n) is 12.1. The first kappa shape index (κ1) is 17.1. The highest BCUT2D eigenvalue weighted by Gasteiger charge is 2.09. The van der Waals surface area contributed by atoms with E-state index < -0.39 is 10.0 Å². The van der Waals surface area contributed by atoms with Crippen LogP contribution in [-0.4, -0.2) is 28.7 Å². The van der Waals surface area contributed by atoms with E-state index in [1.54, 1.807) is 31.4 Å². The standard InChI is InChI=1S/C14H24N2O3S/c1-12(16-10-4-3-5-11-19-2)13-6-8-14(9-7-13)20(15,17)18/h6-9,12,16H,3-5,10-11H2,1-2H3,(H2,15,17,18). The Bertz CT molecular complexity index is 486. The van der Waals surface area contributed by atoms with Crippen LogP contribution in [0, 0.1) is 0 Å². The minimum Gasteiger partial charge on any atom is -0.385 e. The monoisotopic (exact) mass is 300 g/mol. The van der Waals surface area contributed by atoms with Gasteiger partial charge in [0.1, 0.15) is 0 Å². The van der Waals surface area contributed by atoms with Crippen molar-refractivity contribution in [3.63, 3.8) is 0 Å². The van der Waals surface area contributed by atoms with Crippen molar-refractivity contribution in [1.29, 1.82) is 0 Å². The van der Waals surface area contributed by atoms with Crippen molar-refractivity contribution in [3.05, 3.63) is 29.8 Å². The van der Waals surface area contributed by atoms with Crippen LogP contribution in [0.1, 0.15) is 37.8 Å². The summed E-state index contributed by atoms with van der Waals surface area (Å²) in [5.74, 6) is 0.